The maximum absolute atomic E-state index is 13.3. The van der Waals surface area contributed by atoms with E-state index in [4.69, 9.17) is 9.72 Å². The van der Waals surface area contributed by atoms with Crippen LogP contribution in [-0.4, -0.2) is 46.0 Å². The summed E-state index contributed by atoms with van der Waals surface area (Å²) in [5.74, 6) is 2.24. The van der Waals surface area contributed by atoms with Gasteiger partial charge in [0.2, 0.25) is 0 Å². The van der Waals surface area contributed by atoms with Crippen molar-refractivity contribution >= 4 is 5.91 Å². The lowest BCUT2D eigenvalue weighted by atomic mass is 9.89. The van der Waals surface area contributed by atoms with Crippen molar-refractivity contribution in [2.45, 2.75) is 37.5 Å². The maximum Gasteiger partial charge on any atom is 0.257 e. The highest BCUT2D eigenvalue weighted by molar-refractivity contribution is 5.97. The van der Waals surface area contributed by atoms with Crippen LogP contribution in [0.15, 0.2) is 55.0 Å². The fourth-order valence-corrected chi connectivity index (χ4v) is 4.39. The summed E-state index contributed by atoms with van der Waals surface area (Å²) in [7, 11) is 1.60. The molecule has 3 aromatic rings. The van der Waals surface area contributed by atoms with Gasteiger partial charge in [-0.05, 0) is 55.5 Å². The molecular formula is C25H26N4O2. The van der Waals surface area contributed by atoms with Gasteiger partial charge in [-0.15, -0.1) is 0 Å². The van der Waals surface area contributed by atoms with Crippen LogP contribution in [0.4, 0.5) is 0 Å². The molecule has 2 fully saturated rings. The number of para-hydroxylation sites is 1. The van der Waals surface area contributed by atoms with Crippen LogP contribution in [0.25, 0.3) is 11.1 Å². The number of carbonyl (C=O) groups excluding carboxylic acids is 1. The minimum absolute atomic E-state index is 0.0177. The number of amides is 1. The van der Waals surface area contributed by atoms with Gasteiger partial charge >= 0.3 is 0 Å². The largest absolute Gasteiger partial charge is 0.496 e. The highest BCUT2D eigenvalue weighted by Crippen LogP contribution is 2.40. The van der Waals surface area contributed by atoms with Crippen LogP contribution in [-0.2, 0) is 0 Å². The molecule has 1 aromatic carbocycles. The minimum atomic E-state index is 0.0177. The van der Waals surface area contributed by atoms with E-state index < -0.39 is 0 Å². The number of pyridine rings is 1. The Morgan fingerprint density at radius 2 is 1.87 bits per heavy atom. The van der Waals surface area contributed by atoms with Crippen molar-refractivity contribution in [3.8, 4) is 16.9 Å². The Bertz CT molecular complexity index is 1080. The maximum atomic E-state index is 13.3. The molecule has 6 nitrogen and oxygen atoms in total. The van der Waals surface area contributed by atoms with E-state index in [1.165, 1.54) is 0 Å². The van der Waals surface area contributed by atoms with Gasteiger partial charge in [0, 0.05) is 49.1 Å². The Morgan fingerprint density at radius 1 is 1.06 bits per heavy atom. The molecule has 0 bridgehead atoms. The zero-order valence-electron chi connectivity index (χ0n) is 17.7. The predicted octanol–water partition coefficient (Wildman–Crippen LogP) is 4.44. The van der Waals surface area contributed by atoms with Gasteiger partial charge in [0.05, 0.1) is 18.4 Å². The number of aromatic nitrogens is 3. The van der Waals surface area contributed by atoms with Gasteiger partial charge in [-0.1, -0.05) is 12.1 Å². The zero-order valence-corrected chi connectivity index (χ0v) is 17.7. The Hall–Kier alpha value is -3.28. The molecule has 1 saturated carbocycles. The fourth-order valence-electron chi connectivity index (χ4n) is 4.39. The first-order valence-corrected chi connectivity index (χ1v) is 10.9. The van der Waals surface area contributed by atoms with Gasteiger partial charge in [-0.2, -0.15) is 0 Å². The van der Waals surface area contributed by atoms with Crippen molar-refractivity contribution in [2.75, 3.05) is 20.2 Å². The second kappa shape index (κ2) is 8.46. The van der Waals surface area contributed by atoms with E-state index in [0.717, 1.165) is 54.9 Å². The van der Waals surface area contributed by atoms with Gasteiger partial charge in [0.25, 0.3) is 5.91 Å². The van der Waals surface area contributed by atoms with Gasteiger partial charge < -0.3 is 9.64 Å². The number of piperidine rings is 1. The Labute approximate surface area is 182 Å². The number of rotatable bonds is 5. The number of benzene rings is 1. The molecule has 5 rings (SSSR count). The fraction of sp³-hybridized carbons (Fsp3) is 0.360. The second-order valence-corrected chi connectivity index (χ2v) is 8.33. The number of hydrogen-bond acceptors (Lipinski definition) is 5. The molecular weight excluding hydrogens is 388 g/mol. The molecule has 1 aliphatic heterocycles. The smallest absolute Gasteiger partial charge is 0.257 e. The standard InChI is InChI=1S/C25H26N4O2/c1-31-22-7-3-2-6-20(22)25(30)29-14-4-5-19(16-29)23-21(17-10-12-26-13-11-17)15-27-24(28-23)18-8-9-18/h2-3,6-7,10-13,15,18-19H,4-5,8-9,14,16H2,1H3. The molecule has 0 spiro atoms. The molecule has 2 aromatic heterocycles. The molecule has 6 heteroatoms. The summed E-state index contributed by atoms with van der Waals surface area (Å²) >= 11 is 0. The average Bonchev–Trinajstić information content (AvgIpc) is 3.69. The van der Waals surface area contributed by atoms with E-state index in [1.807, 2.05) is 47.5 Å². The molecule has 3 heterocycles. The summed E-state index contributed by atoms with van der Waals surface area (Å²) in [6.45, 7) is 1.40. The Morgan fingerprint density at radius 3 is 2.65 bits per heavy atom. The zero-order chi connectivity index (χ0) is 21.2. The van der Waals surface area contributed by atoms with Crippen LogP contribution >= 0.6 is 0 Å². The molecule has 1 saturated heterocycles. The minimum Gasteiger partial charge on any atom is -0.496 e. The first-order valence-electron chi connectivity index (χ1n) is 10.9. The van der Waals surface area contributed by atoms with Crippen LogP contribution in [0.1, 0.15) is 59.4 Å². The lowest BCUT2D eigenvalue weighted by molar-refractivity contribution is 0.0702. The van der Waals surface area contributed by atoms with E-state index in [9.17, 15) is 4.79 Å². The highest BCUT2D eigenvalue weighted by atomic mass is 16.5. The van der Waals surface area contributed by atoms with Crippen molar-refractivity contribution in [3.05, 3.63) is 72.1 Å². The first kappa shape index (κ1) is 19.7. The van der Waals surface area contributed by atoms with E-state index in [0.29, 0.717) is 23.8 Å². The summed E-state index contributed by atoms with van der Waals surface area (Å²) in [5, 5.41) is 0. The van der Waals surface area contributed by atoms with Crippen molar-refractivity contribution in [1.29, 1.82) is 0 Å². The van der Waals surface area contributed by atoms with Crippen molar-refractivity contribution in [3.63, 3.8) is 0 Å². The lowest BCUT2D eigenvalue weighted by Gasteiger charge is -2.33. The summed E-state index contributed by atoms with van der Waals surface area (Å²) in [4.78, 5) is 29.1. The lowest BCUT2D eigenvalue weighted by Crippen LogP contribution is -2.39. The summed E-state index contributed by atoms with van der Waals surface area (Å²) in [6.07, 6.45) is 9.85. The van der Waals surface area contributed by atoms with Gasteiger partial charge in [-0.25, -0.2) is 9.97 Å². The third-order valence-corrected chi connectivity index (χ3v) is 6.20. The molecule has 0 radical (unpaired) electrons. The summed E-state index contributed by atoms with van der Waals surface area (Å²) < 4.78 is 5.42. The Kier molecular flexibility index (Phi) is 5.37. The second-order valence-electron chi connectivity index (χ2n) is 8.33. The molecule has 1 unspecified atom stereocenters. The molecule has 2 aliphatic rings. The quantitative estimate of drug-likeness (QED) is 0.617. The highest BCUT2D eigenvalue weighted by Gasteiger charge is 2.32. The number of hydrogen-bond donors (Lipinski definition) is 0. The Balaban J connectivity index is 1.47. The van der Waals surface area contributed by atoms with Crippen molar-refractivity contribution in [2.24, 2.45) is 0 Å². The van der Waals surface area contributed by atoms with Crippen LogP contribution in [0.2, 0.25) is 0 Å². The third kappa shape index (κ3) is 4.02. The van der Waals surface area contributed by atoms with Crippen molar-refractivity contribution in [1.82, 2.24) is 19.9 Å². The SMILES string of the molecule is COc1ccccc1C(=O)N1CCCC(c2nc(C3CC3)ncc2-c2ccncc2)C1. The summed E-state index contributed by atoms with van der Waals surface area (Å²) in [6, 6.07) is 11.4. The number of ether oxygens (including phenoxy) is 1. The molecule has 1 aliphatic carbocycles. The monoisotopic (exact) mass is 414 g/mol. The van der Waals surface area contributed by atoms with Gasteiger partial charge in [0.15, 0.2) is 0 Å². The third-order valence-electron chi connectivity index (χ3n) is 6.20. The van der Waals surface area contributed by atoms with Crippen LogP contribution in [0.5, 0.6) is 5.75 Å². The molecule has 31 heavy (non-hydrogen) atoms. The van der Waals surface area contributed by atoms with E-state index in [1.54, 1.807) is 19.5 Å². The van der Waals surface area contributed by atoms with Crippen LogP contribution in [0, 0.1) is 0 Å². The van der Waals surface area contributed by atoms with E-state index in [-0.39, 0.29) is 11.8 Å². The van der Waals surface area contributed by atoms with Crippen LogP contribution in [0.3, 0.4) is 0 Å². The summed E-state index contributed by atoms with van der Waals surface area (Å²) in [5.41, 5.74) is 3.78. The van der Waals surface area contributed by atoms with E-state index >= 15 is 0 Å². The molecule has 0 N–H and O–H groups in total. The van der Waals surface area contributed by atoms with Crippen LogP contribution < -0.4 is 4.74 Å². The number of methoxy groups -OCH3 is 1. The first-order chi connectivity index (χ1) is 15.2. The topological polar surface area (TPSA) is 68.2 Å². The molecule has 1 amide bonds. The number of likely N-dealkylation sites (tertiary alicyclic amines) is 1. The van der Waals surface area contributed by atoms with Gasteiger partial charge in [-0.3, -0.25) is 9.78 Å². The predicted molar refractivity (Wildman–Crippen MR) is 118 cm³/mol. The number of carbonyl (C=O) groups is 1. The molecule has 1 atom stereocenters. The van der Waals surface area contributed by atoms with Crippen molar-refractivity contribution < 1.29 is 9.53 Å². The molecule has 158 valence electrons. The van der Waals surface area contributed by atoms with E-state index in [2.05, 4.69) is 9.97 Å². The normalized spacial score (nSPS) is 18.6. The average molecular weight is 415 g/mol. The number of nitrogens with zero attached hydrogens (tertiary/aromatic N) is 4. The van der Waals surface area contributed by atoms with Gasteiger partial charge in [0.1, 0.15) is 11.6 Å².